The third-order valence-electron chi connectivity index (χ3n) is 3.81. The second-order valence-electron chi connectivity index (χ2n) is 5.18. The number of nitrogens with zero attached hydrogens (tertiary/aromatic N) is 2. The van der Waals surface area contributed by atoms with Crippen LogP contribution in [0.1, 0.15) is 30.1 Å². The predicted octanol–water partition coefficient (Wildman–Crippen LogP) is 2.01. The number of nitrogens with one attached hydrogen (secondary N) is 1. The Morgan fingerprint density at radius 2 is 2.15 bits per heavy atom. The van der Waals surface area contributed by atoms with Gasteiger partial charge in [-0.1, -0.05) is 11.6 Å². The Hall–Kier alpha value is -1.33. The number of anilines is 1. The number of hydrogen-bond acceptors (Lipinski definition) is 4. The second kappa shape index (κ2) is 6.41. The van der Waals surface area contributed by atoms with Gasteiger partial charge in [-0.3, -0.25) is 4.79 Å². The van der Waals surface area contributed by atoms with Gasteiger partial charge in [0.15, 0.2) is 0 Å². The molecule has 1 saturated heterocycles. The van der Waals surface area contributed by atoms with Crippen molar-refractivity contribution in [3.8, 4) is 0 Å². The van der Waals surface area contributed by atoms with Crippen molar-refractivity contribution in [2.45, 2.75) is 25.9 Å². The third-order valence-corrected chi connectivity index (χ3v) is 4.00. The van der Waals surface area contributed by atoms with Crippen molar-refractivity contribution < 1.29 is 9.90 Å². The number of aromatic nitrogens is 1. The highest BCUT2D eigenvalue weighted by Crippen LogP contribution is 2.23. The summed E-state index contributed by atoms with van der Waals surface area (Å²) in [5.74, 6) is 0.836. The number of hydrogen-bond donors (Lipinski definition) is 2. The van der Waals surface area contributed by atoms with Gasteiger partial charge >= 0.3 is 0 Å². The van der Waals surface area contributed by atoms with Crippen molar-refractivity contribution in [3.05, 3.63) is 22.8 Å². The van der Waals surface area contributed by atoms with Crippen LogP contribution in [0.25, 0.3) is 0 Å². The molecule has 110 valence electrons. The highest BCUT2D eigenvalue weighted by molar-refractivity contribution is 6.29. The minimum atomic E-state index is -0.307. The van der Waals surface area contributed by atoms with Crippen LogP contribution in [0.4, 0.5) is 5.82 Å². The lowest BCUT2D eigenvalue weighted by Gasteiger charge is -2.33. The van der Waals surface area contributed by atoms with Crippen LogP contribution < -0.4 is 5.32 Å². The summed E-state index contributed by atoms with van der Waals surface area (Å²) in [7, 11) is 1.74. The molecule has 1 aromatic heterocycles. The molecule has 1 aliphatic rings. The zero-order valence-corrected chi connectivity index (χ0v) is 12.5. The standard InChI is InChI=1S/C14H20ClN3O2/c1-9(19)10-3-5-18(6-4-10)14(20)11-7-12(15)17-13(8-11)16-2/h7-10,19H,3-6H2,1-2H3,(H,16,17). The molecule has 2 rings (SSSR count). The number of amides is 1. The van der Waals surface area contributed by atoms with Crippen LogP contribution in [0, 0.1) is 5.92 Å². The first-order valence-electron chi connectivity index (χ1n) is 6.84. The van der Waals surface area contributed by atoms with E-state index in [9.17, 15) is 9.90 Å². The van der Waals surface area contributed by atoms with Crippen molar-refractivity contribution >= 4 is 23.3 Å². The van der Waals surface area contributed by atoms with Gasteiger partial charge in [0.2, 0.25) is 0 Å². The molecule has 2 heterocycles. The van der Waals surface area contributed by atoms with E-state index in [2.05, 4.69) is 10.3 Å². The van der Waals surface area contributed by atoms with Gasteiger partial charge in [0, 0.05) is 25.7 Å². The lowest BCUT2D eigenvalue weighted by atomic mass is 9.92. The van der Waals surface area contributed by atoms with Crippen molar-refractivity contribution in [1.29, 1.82) is 0 Å². The van der Waals surface area contributed by atoms with Crippen molar-refractivity contribution in [1.82, 2.24) is 9.88 Å². The Morgan fingerprint density at radius 1 is 1.50 bits per heavy atom. The summed E-state index contributed by atoms with van der Waals surface area (Å²) < 4.78 is 0. The maximum absolute atomic E-state index is 12.4. The number of carbonyl (C=O) groups excluding carboxylic acids is 1. The molecule has 20 heavy (non-hydrogen) atoms. The molecule has 1 aromatic rings. The van der Waals surface area contributed by atoms with E-state index in [0.29, 0.717) is 29.6 Å². The fraction of sp³-hybridized carbons (Fsp3) is 0.571. The third kappa shape index (κ3) is 3.41. The largest absolute Gasteiger partial charge is 0.393 e. The summed E-state index contributed by atoms with van der Waals surface area (Å²) in [5.41, 5.74) is 0.546. The second-order valence-corrected chi connectivity index (χ2v) is 5.57. The summed E-state index contributed by atoms with van der Waals surface area (Å²) in [6, 6.07) is 3.29. The minimum Gasteiger partial charge on any atom is -0.393 e. The number of halogens is 1. The van der Waals surface area contributed by atoms with E-state index in [1.807, 2.05) is 11.8 Å². The van der Waals surface area contributed by atoms with Crippen molar-refractivity contribution in [2.75, 3.05) is 25.5 Å². The van der Waals surface area contributed by atoms with Gasteiger partial charge in [0.05, 0.1) is 6.10 Å². The first kappa shape index (κ1) is 15.1. The van der Waals surface area contributed by atoms with Crippen molar-refractivity contribution in [2.24, 2.45) is 5.92 Å². The quantitative estimate of drug-likeness (QED) is 0.838. The molecular weight excluding hydrogens is 278 g/mol. The van der Waals surface area contributed by atoms with Gasteiger partial charge in [-0.05, 0) is 37.8 Å². The smallest absolute Gasteiger partial charge is 0.254 e. The van der Waals surface area contributed by atoms with Crippen LogP contribution >= 0.6 is 11.6 Å². The molecule has 0 aliphatic carbocycles. The summed E-state index contributed by atoms with van der Waals surface area (Å²) in [6.07, 6.45) is 1.36. The number of aliphatic hydroxyl groups is 1. The topological polar surface area (TPSA) is 65.5 Å². The average molecular weight is 298 g/mol. The van der Waals surface area contributed by atoms with E-state index in [1.165, 1.54) is 0 Å². The summed E-state index contributed by atoms with van der Waals surface area (Å²) in [5, 5.41) is 12.8. The zero-order chi connectivity index (χ0) is 14.7. The van der Waals surface area contributed by atoms with E-state index >= 15 is 0 Å². The molecule has 1 unspecified atom stereocenters. The molecule has 1 fully saturated rings. The first-order chi connectivity index (χ1) is 9.51. The fourth-order valence-corrected chi connectivity index (χ4v) is 2.72. The Morgan fingerprint density at radius 3 is 2.70 bits per heavy atom. The molecule has 1 atom stereocenters. The Bertz CT molecular complexity index is 485. The van der Waals surface area contributed by atoms with Crippen LogP contribution in [0.3, 0.4) is 0 Å². The lowest BCUT2D eigenvalue weighted by Crippen LogP contribution is -2.40. The van der Waals surface area contributed by atoms with Gasteiger partial charge in [0.1, 0.15) is 11.0 Å². The highest BCUT2D eigenvalue weighted by atomic mass is 35.5. The van der Waals surface area contributed by atoms with E-state index in [1.54, 1.807) is 19.2 Å². The fourth-order valence-electron chi connectivity index (χ4n) is 2.52. The van der Waals surface area contributed by atoms with Crippen LogP contribution in [0.5, 0.6) is 0 Å². The molecule has 0 aromatic carbocycles. The molecule has 0 saturated carbocycles. The molecule has 1 amide bonds. The maximum Gasteiger partial charge on any atom is 0.254 e. The highest BCUT2D eigenvalue weighted by Gasteiger charge is 2.26. The van der Waals surface area contributed by atoms with E-state index in [4.69, 9.17) is 11.6 Å². The SMILES string of the molecule is CNc1cc(C(=O)N2CCC(C(C)O)CC2)cc(Cl)n1. The van der Waals surface area contributed by atoms with Gasteiger partial charge in [-0.15, -0.1) is 0 Å². The number of likely N-dealkylation sites (tertiary alicyclic amines) is 1. The zero-order valence-electron chi connectivity index (χ0n) is 11.8. The molecular formula is C14H20ClN3O2. The van der Waals surface area contributed by atoms with Gasteiger partial charge in [-0.2, -0.15) is 0 Å². The normalized spacial score (nSPS) is 17.9. The molecule has 1 aliphatic heterocycles. The van der Waals surface area contributed by atoms with Crippen LogP contribution in [0.15, 0.2) is 12.1 Å². The van der Waals surface area contributed by atoms with Gasteiger partial charge in [-0.25, -0.2) is 4.98 Å². The molecule has 0 radical (unpaired) electrons. The van der Waals surface area contributed by atoms with Crippen LogP contribution in [0.2, 0.25) is 5.15 Å². The average Bonchev–Trinajstić information content (AvgIpc) is 2.45. The molecule has 6 heteroatoms. The van der Waals surface area contributed by atoms with Crippen molar-refractivity contribution in [3.63, 3.8) is 0 Å². The van der Waals surface area contributed by atoms with Crippen LogP contribution in [-0.2, 0) is 0 Å². The number of pyridine rings is 1. The minimum absolute atomic E-state index is 0.0326. The Labute approximate surface area is 123 Å². The Balaban J connectivity index is 2.07. The first-order valence-corrected chi connectivity index (χ1v) is 7.21. The summed E-state index contributed by atoms with van der Waals surface area (Å²) >= 11 is 5.92. The molecule has 0 bridgehead atoms. The monoisotopic (exact) mass is 297 g/mol. The van der Waals surface area contributed by atoms with E-state index in [0.717, 1.165) is 12.8 Å². The van der Waals surface area contributed by atoms with Gasteiger partial charge < -0.3 is 15.3 Å². The van der Waals surface area contributed by atoms with E-state index in [-0.39, 0.29) is 17.9 Å². The van der Waals surface area contributed by atoms with Gasteiger partial charge in [0.25, 0.3) is 5.91 Å². The summed E-state index contributed by atoms with van der Waals surface area (Å²) in [6.45, 7) is 3.15. The molecule has 0 spiro atoms. The lowest BCUT2D eigenvalue weighted by molar-refractivity contribution is 0.0521. The molecule has 5 nitrogen and oxygen atoms in total. The number of carbonyl (C=O) groups is 1. The molecule has 2 N–H and O–H groups in total. The predicted molar refractivity (Wildman–Crippen MR) is 79.1 cm³/mol. The van der Waals surface area contributed by atoms with Crippen LogP contribution in [-0.4, -0.2) is 47.1 Å². The number of aliphatic hydroxyl groups excluding tert-OH is 1. The number of rotatable bonds is 3. The summed E-state index contributed by atoms with van der Waals surface area (Å²) in [4.78, 5) is 18.3. The Kier molecular flexibility index (Phi) is 4.83. The maximum atomic E-state index is 12.4. The van der Waals surface area contributed by atoms with E-state index < -0.39 is 0 Å². The number of piperidine rings is 1.